The molecule has 0 fully saturated rings. The standard InChI is InChI=1S/C18H21NO/c1-6-18(3,4)19-13(2)14-7-8-16-12-17(20-5)10-9-15(16)11-14/h1,7-13,19H,2-5H3. The van der Waals surface area contributed by atoms with Gasteiger partial charge in [-0.3, -0.25) is 5.32 Å². The van der Waals surface area contributed by atoms with Gasteiger partial charge in [0.1, 0.15) is 5.75 Å². The molecule has 2 heteroatoms. The molecule has 2 aromatic carbocycles. The highest BCUT2D eigenvalue weighted by atomic mass is 16.5. The number of fused-ring (bicyclic) bond motifs is 1. The van der Waals surface area contributed by atoms with Crippen molar-refractivity contribution in [3.05, 3.63) is 42.0 Å². The molecule has 2 nitrogen and oxygen atoms in total. The van der Waals surface area contributed by atoms with Crippen LogP contribution in [0.3, 0.4) is 0 Å². The first-order valence-electron chi connectivity index (χ1n) is 6.78. The molecule has 0 aliphatic rings. The first-order chi connectivity index (χ1) is 9.45. The highest BCUT2D eigenvalue weighted by molar-refractivity contribution is 5.84. The molecule has 0 saturated heterocycles. The molecule has 1 atom stereocenters. The van der Waals surface area contributed by atoms with Gasteiger partial charge in [0.2, 0.25) is 0 Å². The Balaban J connectivity index is 2.30. The van der Waals surface area contributed by atoms with Crippen LogP contribution in [0.25, 0.3) is 10.8 Å². The second kappa shape index (κ2) is 5.56. The number of rotatable bonds is 4. The SMILES string of the molecule is C#CC(C)(C)NC(C)c1ccc2cc(OC)ccc2c1. The Kier molecular flexibility index (Phi) is 4.01. The van der Waals surface area contributed by atoms with E-state index in [1.807, 2.05) is 26.0 Å². The van der Waals surface area contributed by atoms with Gasteiger partial charge in [-0.15, -0.1) is 6.42 Å². The van der Waals surface area contributed by atoms with Crippen molar-refractivity contribution in [1.29, 1.82) is 0 Å². The Morgan fingerprint density at radius 2 is 1.80 bits per heavy atom. The van der Waals surface area contributed by atoms with Crippen LogP contribution in [0.2, 0.25) is 0 Å². The summed E-state index contributed by atoms with van der Waals surface area (Å²) in [5.41, 5.74) is 0.917. The van der Waals surface area contributed by atoms with Gasteiger partial charge in [-0.05, 0) is 55.3 Å². The van der Waals surface area contributed by atoms with Crippen molar-refractivity contribution in [2.75, 3.05) is 7.11 Å². The molecular weight excluding hydrogens is 246 g/mol. The molecule has 1 unspecified atom stereocenters. The Hall–Kier alpha value is -1.98. The maximum atomic E-state index is 5.53. The quantitative estimate of drug-likeness (QED) is 0.848. The van der Waals surface area contributed by atoms with E-state index in [0.717, 1.165) is 5.75 Å². The Morgan fingerprint density at radius 1 is 1.15 bits per heavy atom. The van der Waals surface area contributed by atoms with Crippen LogP contribution in [-0.4, -0.2) is 12.6 Å². The summed E-state index contributed by atoms with van der Waals surface area (Å²) in [5, 5.41) is 5.83. The van der Waals surface area contributed by atoms with Crippen molar-refractivity contribution >= 4 is 10.8 Å². The molecule has 0 spiro atoms. The highest BCUT2D eigenvalue weighted by Gasteiger charge is 2.17. The van der Waals surface area contributed by atoms with Gasteiger partial charge < -0.3 is 4.74 Å². The van der Waals surface area contributed by atoms with Gasteiger partial charge in [-0.25, -0.2) is 0 Å². The second-order valence-corrected chi connectivity index (χ2v) is 5.61. The number of hydrogen-bond acceptors (Lipinski definition) is 2. The van der Waals surface area contributed by atoms with Gasteiger partial charge in [-0.2, -0.15) is 0 Å². The molecule has 2 rings (SSSR count). The van der Waals surface area contributed by atoms with Crippen molar-refractivity contribution in [1.82, 2.24) is 5.32 Å². The minimum absolute atomic E-state index is 0.201. The molecule has 0 amide bonds. The number of methoxy groups -OCH3 is 1. The largest absolute Gasteiger partial charge is 0.497 e. The number of nitrogens with one attached hydrogen (secondary N) is 1. The normalized spacial score (nSPS) is 12.9. The summed E-state index contributed by atoms with van der Waals surface area (Å²) >= 11 is 0. The lowest BCUT2D eigenvalue weighted by Crippen LogP contribution is -2.39. The monoisotopic (exact) mass is 267 g/mol. The fraction of sp³-hybridized carbons (Fsp3) is 0.333. The number of ether oxygens (including phenoxy) is 1. The van der Waals surface area contributed by atoms with E-state index in [1.54, 1.807) is 7.11 Å². The van der Waals surface area contributed by atoms with E-state index in [9.17, 15) is 0 Å². The Morgan fingerprint density at radius 3 is 2.45 bits per heavy atom. The van der Waals surface area contributed by atoms with Gasteiger partial charge in [0.05, 0.1) is 12.6 Å². The molecule has 0 aliphatic carbocycles. The summed E-state index contributed by atoms with van der Waals surface area (Å²) < 4.78 is 5.25. The summed E-state index contributed by atoms with van der Waals surface area (Å²) in [6, 6.07) is 12.8. The third-order valence-corrected chi connectivity index (χ3v) is 3.51. The van der Waals surface area contributed by atoms with Crippen LogP contribution in [0, 0.1) is 12.3 Å². The van der Waals surface area contributed by atoms with E-state index in [2.05, 4.69) is 42.4 Å². The molecule has 104 valence electrons. The van der Waals surface area contributed by atoms with Crippen molar-refractivity contribution in [2.24, 2.45) is 0 Å². The van der Waals surface area contributed by atoms with Gasteiger partial charge in [-0.1, -0.05) is 24.1 Å². The zero-order valence-electron chi connectivity index (χ0n) is 12.5. The molecule has 0 radical (unpaired) electrons. The van der Waals surface area contributed by atoms with Crippen LogP contribution in [0.1, 0.15) is 32.4 Å². The average Bonchev–Trinajstić information content (AvgIpc) is 2.45. The van der Waals surface area contributed by atoms with Gasteiger partial charge in [0, 0.05) is 6.04 Å². The molecule has 0 heterocycles. The minimum atomic E-state index is -0.311. The fourth-order valence-electron chi connectivity index (χ4n) is 2.30. The molecule has 20 heavy (non-hydrogen) atoms. The predicted molar refractivity (Wildman–Crippen MR) is 85.0 cm³/mol. The lowest BCUT2D eigenvalue weighted by molar-refractivity contribution is 0.415. The van der Waals surface area contributed by atoms with Crippen LogP contribution >= 0.6 is 0 Å². The van der Waals surface area contributed by atoms with Gasteiger partial charge in [0.25, 0.3) is 0 Å². The van der Waals surface area contributed by atoms with E-state index >= 15 is 0 Å². The lowest BCUT2D eigenvalue weighted by atomic mass is 9.99. The maximum absolute atomic E-state index is 5.53. The third-order valence-electron chi connectivity index (χ3n) is 3.51. The molecule has 0 aromatic heterocycles. The van der Waals surface area contributed by atoms with Crippen LogP contribution in [0.4, 0.5) is 0 Å². The van der Waals surface area contributed by atoms with Crippen LogP contribution in [0.15, 0.2) is 36.4 Å². The first kappa shape index (κ1) is 14.4. The van der Waals surface area contributed by atoms with Crippen LogP contribution < -0.4 is 10.1 Å². The van der Waals surface area contributed by atoms with Crippen molar-refractivity contribution in [3.8, 4) is 18.1 Å². The molecule has 0 aliphatic heterocycles. The molecule has 0 bridgehead atoms. The van der Waals surface area contributed by atoms with Crippen LogP contribution in [-0.2, 0) is 0 Å². The fourth-order valence-corrected chi connectivity index (χ4v) is 2.30. The van der Waals surface area contributed by atoms with E-state index < -0.39 is 0 Å². The predicted octanol–water partition coefficient (Wildman–Crippen LogP) is 3.91. The first-order valence-corrected chi connectivity index (χ1v) is 6.78. The smallest absolute Gasteiger partial charge is 0.119 e. The summed E-state index contributed by atoms with van der Waals surface area (Å²) in [7, 11) is 1.68. The second-order valence-electron chi connectivity index (χ2n) is 5.61. The Bertz CT molecular complexity index is 652. The maximum Gasteiger partial charge on any atom is 0.119 e. The molecule has 2 aromatic rings. The minimum Gasteiger partial charge on any atom is -0.497 e. The topological polar surface area (TPSA) is 21.3 Å². The zero-order valence-corrected chi connectivity index (χ0v) is 12.5. The van der Waals surface area contributed by atoms with Gasteiger partial charge >= 0.3 is 0 Å². The number of hydrogen-bond donors (Lipinski definition) is 1. The van der Waals surface area contributed by atoms with Crippen molar-refractivity contribution in [3.63, 3.8) is 0 Å². The summed E-state index contributed by atoms with van der Waals surface area (Å²) in [4.78, 5) is 0. The molecular formula is C18H21NO. The van der Waals surface area contributed by atoms with E-state index in [-0.39, 0.29) is 11.6 Å². The Labute approximate surface area is 121 Å². The van der Waals surface area contributed by atoms with E-state index in [1.165, 1.54) is 16.3 Å². The molecule has 1 N–H and O–H groups in total. The average molecular weight is 267 g/mol. The highest BCUT2D eigenvalue weighted by Crippen LogP contribution is 2.25. The molecule has 0 saturated carbocycles. The van der Waals surface area contributed by atoms with Gasteiger partial charge in [0.15, 0.2) is 0 Å². The van der Waals surface area contributed by atoms with Crippen LogP contribution in [0.5, 0.6) is 5.75 Å². The number of terminal acetylenes is 1. The summed E-state index contributed by atoms with van der Waals surface area (Å²) in [6.45, 7) is 6.15. The summed E-state index contributed by atoms with van der Waals surface area (Å²) in [6.07, 6.45) is 5.53. The van der Waals surface area contributed by atoms with Crippen molar-refractivity contribution < 1.29 is 4.74 Å². The summed E-state index contributed by atoms with van der Waals surface area (Å²) in [5.74, 6) is 3.65. The zero-order chi connectivity index (χ0) is 14.8. The lowest BCUT2D eigenvalue weighted by Gasteiger charge is -2.25. The van der Waals surface area contributed by atoms with Crippen molar-refractivity contribution in [2.45, 2.75) is 32.4 Å². The van der Waals surface area contributed by atoms with E-state index in [4.69, 9.17) is 11.2 Å². The number of benzene rings is 2. The van der Waals surface area contributed by atoms with E-state index in [0.29, 0.717) is 0 Å². The third kappa shape index (κ3) is 3.12.